The first-order chi connectivity index (χ1) is 9.47. The molecule has 106 valence electrons. The lowest BCUT2D eigenvalue weighted by Crippen LogP contribution is -2.18. The van der Waals surface area contributed by atoms with Crippen molar-refractivity contribution in [3.05, 3.63) is 54.0 Å². The second kappa shape index (κ2) is 6.49. The first-order valence-corrected chi connectivity index (χ1v) is 7.85. The highest BCUT2D eigenvalue weighted by Gasteiger charge is 2.19. The van der Waals surface area contributed by atoms with Crippen LogP contribution in [0.4, 0.5) is 15.8 Å². The summed E-state index contributed by atoms with van der Waals surface area (Å²) in [7, 11) is 0. The molecule has 7 heteroatoms. The fourth-order valence-electron chi connectivity index (χ4n) is 1.85. The standard InChI is InChI=1S/C13H12FIN2O2S/c1-8(5-9-3-2-4-20-9)16-12-6-10(14)11(15)7-13(12)17(18)19/h2-4,6-8,16H,5H2,1H3. The van der Waals surface area contributed by atoms with Gasteiger partial charge in [0.15, 0.2) is 0 Å². The number of halogens is 2. The van der Waals surface area contributed by atoms with Crippen LogP contribution in [0.3, 0.4) is 0 Å². The van der Waals surface area contributed by atoms with Gasteiger partial charge in [0.2, 0.25) is 0 Å². The zero-order valence-electron chi connectivity index (χ0n) is 10.6. The smallest absolute Gasteiger partial charge is 0.293 e. The fraction of sp³-hybridized carbons (Fsp3) is 0.231. The summed E-state index contributed by atoms with van der Waals surface area (Å²) >= 11 is 3.37. The molecular formula is C13H12FIN2O2S. The van der Waals surface area contributed by atoms with E-state index in [9.17, 15) is 14.5 Å². The second-order valence-electron chi connectivity index (χ2n) is 4.37. The molecule has 0 aliphatic rings. The number of hydrogen-bond acceptors (Lipinski definition) is 4. The average Bonchev–Trinajstić information content (AvgIpc) is 2.85. The van der Waals surface area contributed by atoms with Crippen molar-refractivity contribution in [3.63, 3.8) is 0 Å². The third kappa shape index (κ3) is 3.66. The van der Waals surface area contributed by atoms with E-state index in [-0.39, 0.29) is 21.0 Å². The molecule has 20 heavy (non-hydrogen) atoms. The molecule has 0 aliphatic carbocycles. The Morgan fingerprint density at radius 1 is 1.55 bits per heavy atom. The lowest BCUT2D eigenvalue weighted by molar-refractivity contribution is -0.384. The van der Waals surface area contributed by atoms with Gasteiger partial charge in [-0.3, -0.25) is 10.1 Å². The van der Waals surface area contributed by atoms with Gasteiger partial charge in [-0.2, -0.15) is 0 Å². The van der Waals surface area contributed by atoms with E-state index in [2.05, 4.69) is 5.32 Å². The van der Waals surface area contributed by atoms with E-state index in [1.165, 1.54) is 17.0 Å². The Hall–Kier alpha value is -1.22. The van der Waals surface area contributed by atoms with Gasteiger partial charge in [-0.15, -0.1) is 11.3 Å². The predicted octanol–water partition coefficient (Wildman–Crippen LogP) is 4.44. The third-order valence-corrected chi connectivity index (χ3v) is 4.45. The largest absolute Gasteiger partial charge is 0.377 e. The highest BCUT2D eigenvalue weighted by atomic mass is 127. The second-order valence-corrected chi connectivity index (χ2v) is 6.56. The molecule has 0 spiro atoms. The lowest BCUT2D eigenvalue weighted by atomic mass is 10.2. The minimum absolute atomic E-state index is 0.0215. The van der Waals surface area contributed by atoms with E-state index in [0.717, 1.165) is 6.42 Å². The van der Waals surface area contributed by atoms with Gasteiger partial charge in [-0.05, 0) is 41.0 Å². The minimum atomic E-state index is -0.498. The highest BCUT2D eigenvalue weighted by molar-refractivity contribution is 14.1. The van der Waals surface area contributed by atoms with Crippen LogP contribution in [-0.4, -0.2) is 11.0 Å². The molecule has 2 aromatic rings. The van der Waals surface area contributed by atoms with E-state index in [4.69, 9.17) is 0 Å². The monoisotopic (exact) mass is 406 g/mol. The van der Waals surface area contributed by atoms with Crippen molar-refractivity contribution in [2.45, 2.75) is 19.4 Å². The van der Waals surface area contributed by atoms with E-state index < -0.39 is 10.7 Å². The number of anilines is 1. The molecule has 2 rings (SSSR count). The van der Waals surface area contributed by atoms with Crippen LogP contribution in [-0.2, 0) is 6.42 Å². The van der Waals surface area contributed by atoms with Crippen LogP contribution < -0.4 is 5.32 Å². The van der Waals surface area contributed by atoms with Crippen LogP contribution in [0.2, 0.25) is 0 Å². The number of nitrogens with one attached hydrogen (secondary N) is 1. The lowest BCUT2D eigenvalue weighted by Gasteiger charge is -2.15. The summed E-state index contributed by atoms with van der Waals surface area (Å²) in [6.45, 7) is 1.92. The predicted molar refractivity (Wildman–Crippen MR) is 86.9 cm³/mol. The maximum atomic E-state index is 13.6. The van der Waals surface area contributed by atoms with Gasteiger partial charge in [-0.25, -0.2) is 4.39 Å². The molecule has 0 bridgehead atoms. The molecule has 4 nitrogen and oxygen atoms in total. The molecule has 1 aromatic carbocycles. The number of nitrogens with zero attached hydrogens (tertiary/aromatic N) is 1. The zero-order valence-corrected chi connectivity index (χ0v) is 13.6. The van der Waals surface area contributed by atoms with Crippen LogP contribution in [0.1, 0.15) is 11.8 Å². The van der Waals surface area contributed by atoms with Crippen molar-refractivity contribution in [2.24, 2.45) is 0 Å². The van der Waals surface area contributed by atoms with Gasteiger partial charge < -0.3 is 5.32 Å². The van der Waals surface area contributed by atoms with Crippen LogP contribution >= 0.6 is 33.9 Å². The first-order valence-electron chi connectivity index (χ1n) is 5.89. The molecule has 0 aliphatic heterocycles. The summed E-state index contributed by atoms with van der Waals surface area (Å²) in [5.74, 6) is -0.456. The fourth-order valence-corrected chi connectivity index (χ4v) is 3.14. The summed E-state index contributed by atoms with van der Waals surface area (Å²) in [6.07, 6.45) is 0.739. The van der Waals surface area contributed by atoms with Crippen molar-refractivity contribution >= 4 is 45.3 Å². The SMILES string of the molecule is CC(Cc1cccs1)Nc1cc(F)c(I)cc1[N+](=O)[O-]. The highest BCUT2D eigenvalue weighted by Crippen LogP contribution is 2.29. The van der Waals surface area contributed by atoms with E-state index in [1.54, 1.807) is 33.9 Å². The van der Waals surface area contributed by atoms with Gasteiger partial charge >= 0.3 is 0 Å². The quantitative estimate of drug-likeness (QED) is 0.454. The molecule has 0 saturated carbocycles. The molecular weight excluding hydrogens is 394 g/mol. The van der Waals surface area contributed by atoms with Crippen LogP contribution in [0.15, 0.2) is 29.6 Å². The molecule has 1 N–H and O–H groups in total. The van der Waals surface area contributed by atoms with E-state index >= 15 is 0 Å². The van der Waals surface area contributed by atoms with Gasteiger partial charge in [0.1, 0.15) is 11.5 Å². The Kier molecular flexibility index (Phi) is 4.92. The Labute approximate surface area is 133 Å². The van der Waals surface area contributed by atoms with Gasteiger partial charge in [0.05, 0.1) is 8.49 Å². The number of nitro benzene ring substituents is 1. The van der Waals surface area contributed by atoms with Gasteiger partial charge in [0.25, 0.3) is 5.69 Å². The summed E-state index contributed by atoms with van der Waals surface area (Å²) in [5, 5.41) is 16.0. The van der Waals surface area contributed by atoms with Gasteiger partial charge in [0, 0.05) is 29.5 Å². The minimum Gasteiger partial charge on any atom is -0.377 e. The molecule has 1 atom stereocenters. The number of hydrogen-bond donors (Lipinski definition) is 1. The number of rotatable bonds is 5. The zero-order chi connectivity index (χ0) is 14.7. The van der Waals surface area contributed by atoms with Crippen LogP contribution in [0, 0.1) is 19.5 Å². The molecule has 0 amide bonds. The summed E-state index contributed by atoms with van der Waals surface area (Å²) < 4.78 is 13.8. The average molecular weight is 406 g/mol. The topological polar surface area (TPSA) is 55.2 Å². The number of thiophene rings is 1. The molecule has 1 unspecified atom stereocenters. The number of benzene rings is 1. The van der Waals surface area contributed by atoms with Crippen molar-refractivity contribution in [1.29, 1.82) is 0 Å². The number of nitro groups is 1. The van der Waals surface area contributed by atoms with Crippen molar-refractivity contribution in [1.82, 2.24) is 0 Å². The van der Waals surface area contributed by atoms with Crippen LogP contribution in [0.5, 0.6) is 0 Å². The molecule has 1 aromatic heterocycles. The first kappa shape index (κ1) is 15.2. The third-order valence-electron chi connectivity index (χ3n) is 2.72. The summed E-state index contributed by atoms with van der Waals surface area (Å²) in [6, 6.07) is 6.37. The Morgan fingerprint density at radius 2 is 2.30 bits per heavy atom. The molecule has 0 radical (unpaired) electrons. The van der Waals surface area contributed by atoms with Crippen molar-refractivity contribution in [3.8, 4) is 0 Å². The summed E-state index contributed by atoms with van der Waals surface area (Å²) in [4.78, 5) is 11.7. The Balaban J connectivity index is 2.19. The summed E-state index contributed by atoms with van der Waals surface area (Å²) in [5.41, 5.74) is 0.116. The van der Waals surface area contributed by atoms with Crippen LogP contribution in [0.25, 0.3) is 0 Å². The maximum absolute atomic E-state index is 13.6. The maximum Gasteiger partial charge on any atom is 0.293 e. The van der Waals surface area contributed by atoms with E-state index in [1.807, 2.05) is 24.4 Å². The van der Waals surface area contributed by atoms with Gasteiger partial charge in [-0.1, -0.05) is 6.07 Å². The molecule has 1 heterocycles. The normalized spacial score (nSPS) is 12.2. The van der Waals surface area contributed by atoms with Crippen molar-refractivity contribution in [2.75, 3.05) is 5.32 Å². The molecule has 0 fully saturated rings. The Bertz CT molecular complexity index is 619. The molecule has 0 saturated heterocycles. The van der Waals surface area contributed by atoms with E-state index in [0.29, 0.717) is 0 Å². The Morgan fingerprint density at radius 3 is 2.90 bits per heavy atom. The van der Waals surface area contributed by atoms with Crippen molar-refractivity contribution < 1.29 is 9.31 Å².